The number of hydroxylamine groups is 2. The number of nitrogens with zero attached hydrogens (tertiary/aromatic N) is 2. The first kappa shape index (κ1) is 23.3. The molecule has 0 unspecified atom stereocenters. The minimum atomic E-state index is -1.10. The summed E-state index contributed by atoms with van der Waals surface area (Å²) in [6.45, 7) is 4.59. The van der Waals surface area contributed by atoms with Gasteiger partial charge in [0.15, 0.2) is 0 Å². The van der Waals surface area contributed by atoms with Gasteiger partial charge in [0.25, 0.3) is 5.91 Å². The highest BCUT2D eigenvalue weighted by Crippen LogP contribution is 2.29. The fourth-order valence-corrected chi connectivity index (χ4v) is 3.54. The molecule has 1 saturated heterocycles. The number of carboxylic acid groups (broad SMARTS) is 1. The van der Waals surface area contributed by atoms with E-state index in [0.29, 0.717) is 34.1 Å². The lowest BCUT2D eigenvalue weighted by Crippen LogP contribution is -2.30. The first-order valence-electron chi connectivity index (χ1n) is 9.25. The Hall–Kier alpha value is -2.38. The highest BCUT2D eigenvalue weighted by molar-refractivity contribution is 6.35. The van der Waals surface area contributed by atoms with Gasteiger partial charge in [-0.2, -0.15) is 0 Å². The first-order valence-corrected chi connectivity index (χ1v) is 10.4. The highest BCUT2D eigenvalue weighted by Gasteiger charge is 2.40. The van der Waals surface area contributed by atoms with Crippen LogP contribution in [0.1, 0.15) is 29.8 Å². The standard InChI is InChI=1S/C12H14ClNO2.C10H5Cl2NO2/c1-12(2)8-16-14(11(12)15)7-9-5-3-4-6-10(9)13;11-6-3-5-1-2-7(12)8(10(14)15)9(5)13-4-6/h3-6H,7-8H2,1-2H3;1-4H,(H,14,15). The molecule has 0 bridgehead atoms. The lowest BCUT2D eigenvalue weighted by atomic mass is 9.95. The predicted molar refractivity (Wildman–Crippen MR) is 120 cm³/mol. The zero-order valence-electron chi connectivity index (χ0n) is 16.7. The number of fused-ring (bicyclic) bond motifs is 1. The molecule has 1 amide bonds. The molecule has 0 aliphatic carbocycles. The number of pyridine rings is 1. The molecule has 31 heavy (non-hydrogen) atoms. The van der Waals surface area contributed by atoms with Crippen molar-refractivity contribution in [3.05, 3.63) is 74.9 Å². The molecule has 1 N–H and O–H groups in total. The molecule has 1 aromatic heterocycles. The van der Waals surface area contributed by atoms with Crippen LogP contribution in [0.25, 0.3) is 10.9 Å². The fourth-order valence-electron chi connectivity index (χ4n) is 2.95. The average molecular weight is 482 g/mol. The summed E-state index contributed by atoms with van der Waals surface area (Å²) < 4.78 is 0. The largest absolute Gasteiger partial charge is 0.478 e. The van der Waals surface area contributed by atoms with E-state index < -0.39 is 11.4 Å². The summed E-state index contributed by atoms with van der Waals surface area (Å²) in [5.41, 5.74) is 0.821. The second-order valence-electron chi connectivity index (χ2n) is 7.54. The highest BCUT2D eigenvalue weighted by atomic mass is 35.5. The Labute approximate surface area is 194 Å². The molecule has 6 nitrogen and oxygen atoms in total. The van der Waals surface area contributed by atoms with Gasteiger partial charge in [0, 0.05) is 16.6 Å². The Morgan fingerprint density at radius 1 is 1.16 bits per heavy atom. The minimum Gasteiger partial charge on any atom is -0.478 e. The van der Waals surface area contributed by atoms with Crippen LogP contribution in [0.15, 0.2) is 48.7 Å². The van der Waals surface area contributed by atoms with E-state index in [9.17, 15) is 9.59 Å². The van der Waals surface area contributed by atoms with Crippen LogP contribution in [0.4, 0.5) is 0 Å². The van der Waals surface area contributed by atoms with Gasteiger partial charge in [0.2, 0.25) is 0 Å². The molecule has 2 heterocycles. The Bertz CT molecular complexity index is 1150. The van der Waals surface area contributed by atoms with Crippen molar-refractivity contribution in [2.24, 2.45) is 5.41 Å². The molecule has 1 fully saturated rings. The van der Waals surface area contributed by atoms with E-state index in [4.69, 9.17) is 44.7 Å². The summed E-state index contributed by atoms with van der Waals surface area (Å²) in [6.07, 6.45) is 1.40. The van der Waals surface area contributed by atoms with E-state index in [2.05, 4.69) is 4.98 Å². The quantitative estimate of drug-likeness (QED) is 0.505. The molecular formula is C22H19Cl3N2O4. The van der Waals surface area contributed by atoms with Crippen molar-refractivity contribution in [1.29, 1.82) is 0 Å². The molecule has 2 aromatic carbocycles. The number of rotatable bonds is 3. The summed E-state index contributed by atoms with van der Waals surface area (Å²) in [5.74, 6) is -1.09. The molecule has 4 rings (SSSR count). The maximum absolute atomic E-state index is 11.9. The Balaban J connectivity index is 0.000000176. The number of hydrogen-bond acceptors (Lipinski definition) is 4. The topological polar surface area (TPSA) is 79.7 Å². The minimum absolute atomic E-state index is 0.00540. The number of hydrogen-bond donors (Lipinski definition) is 1. The van der Waals surface area contributed by atoms with Crippen LogP contribution in [-0.2, 0) is 16.2 Å². The Kier molecular flexibility index (Phi) is 7.06. The van der Waals surface area contributed by atoms with Crippen molar-refractivity contribution in [3.8, 4) is 0 Å². The monoisotopic (exact) mass is 480 g/mol. The molecule has 3 aromatic rings. The van der Waals surface area contributed by atoms with Gasteiger partial charge >= 0.3 is 5.97 Å². The second-order valence-corrected chi connectivity index (χ2v) is 8.79. The van der Waals surface area contributed by atoms with E-state index in [1.165, 1.54) is 17.3 Å². The van der Waals surface area contributed by atoms with E-state index in [1.807, 2.05) is 38.1 Å². The van der Waals surface area contributed by atoms with Gasteiger partial charge in [-0.25, -0.2) is 9.86 Å². The third-order valence-corrected chi connectivity index (χ3v) is 5.53. The maximum Gasteiger partial charge on any atom is 0.339 e. The number of carbonyl (C=O) groups is 2. The van der Waals surface area contributed by atoms with Crippen molar-refractivity contribution in [1.82, 2.24) is 10.0 Å². The normalized spacial score (nSPS) is 15.0. The van der Waals surface area contributed by atoms with Crippen molar-refractivity contribution in [2.45, 2.75) is 20.4 Å². The van der Waals surface area contributed by atoms with Crippen molar-refractivity contribution in [2.75, 3.05) is 6.61 Å². The van der Waals surface area contributed by atoms with Crippen molar-refractivity contribution in [3.63, 3.8) is 0 Å². The van der Waals surface area contributed by atoms with Gasteiger partial charge < -0.3 is 5.11 Å². The van der Waals surface area contributed by atoms with Crippen LogP contribution in [0.5, 0.6) is 0 Å². The second kappa shape index (κ2) is 9.40. The van der Waals surface area contributed by atoms with Crippen LogP contribution in [0.3, 0.4) is 0 Å². The number of aromatic nitrogens is 1. The number of carboxylic acids is 1. The molecule has 0 spiro atoms. The number of amides is 1. The van der Waals surface area contributed by atoms with E-state index in [-0.39, 0.29) is 16.5 Å². The van der Waals surface area contributed by atoms with Gasteiger partial charge in [-0.05, 0) is 37.6 Å². The zero-order valence-corrected chi connectivity index (χ0v) is 19.0. The van der Waals surface area contributed by atoms with Gasteiger partial charge in [0.05, 0.1) is 34.1 Å². The number of benzene rings is 2. The summed E-state index contributed by atoms with van der Waals surface area (Å²) in [6, 6.07) is 12.3. The first-order chi connectivity index (χ1) is 14.6. The van der Waals surface area contributed by atoms with Crippen LogP contribution in [0.2, 0.25) is 15.1 Å². The lowest BCUT2D eigenvalue weighted by Gasteiger charge is -2.16. The summed E-state index contributed by atoms with van der Waals surface area (Å²) in [7, 11) is 0. The fraction of sp³-hybridized carbons (Fsp3) is 0.227. The van der Waals surface area contributed by atoms with Crippen molar-refractivity contribution >= 4 is 57.6 Å². The average Bonchev–Trinajstić information content (AvgIpc) is 2.97. The van der Waals surface area contributed by atoms with Gasteiger partial charge in [-0.1, -0.05) is 59.1 Å². The predicted octanol–water partition coefficient (Wildman–Crippen LogP) is 5.88. The summed E-state index contributed by atoms with van der Waals surface area (Å²) in [4.78, 5) is 32.2. The lowest BCUT2D eigenvalue weighted by molar-refractivity contribution is -0.165. The van der Waals surface area contributed by atoms with Crippen LogP contribution in [0, 0.1) is 5.41 Å². The molecule has 162 valence electrons. The third kappa shape index (κ3) is 5.28. The van der Waals surface area contributed by atoms with Crippen LogP contribution < -0.4 is 0 Å². The SMILES string of the molecule is CC1(C)CON(Cc2ccccc2Cl)C1=O.O=C(O)c1c(Cl)ccc2cc(Cl)cnc12. The zero-order chi connectivity index (χ0) is 22.8. The van der Waals surface area contributed by atoms with E-state index in [0.717, 1.165) is 5.56 Å². The third-order valence-electron chi connectivity index (χ3n) is 4.64. The summed E-state index contributed by atoms with van der Waals surface area (Å²) >= 11 is 17.6. The molecule has 9 heteroatoms. The summed E-state index contributed by atoms with van der Waals surface area (Å²) in [5, 5.41) is 12.3. The van der Waals surface area contributed by atoms with Crippen LogP contribution >= 0.6 is 34.8 Å². The number of halogens is 3. The number of aromatic carboxylic acids is 1. The van der Waals surface area contributed by atoms with E-state index in [1.54, 1.807) is 12.1 Å². The Morgan fingerprint density at radius 2 is 1.87 bits per heavy atom. The van der Waals surface area contributed by atoms with Gasteiger partial charge in [-0.3, -0.25) is 14.6 Å². The molecule has 0 radical (unpaired) electrons. The number of carbonyl (C=O) groups excluding carboxylic acids is 1. The Morgan fingerprint density at radius 3 is 2.48 bits per heavy atom. The molecule has 1 aliphatic rings. The van der Waals surface area contributed by atoms with Crippen molar-refractivity contribution < 1.29 is 19.5 Å². The van der Waals surface area contributed by atoms with Crippen LogP contribution in [-0.4, -0.2) is 33.6 Å². The van der Waals surface area contributed by atoms with E-state index >= 15 is 0 Å². The van der Waals surface area contributed by atoms with Gasteiger partial charge in [-0.15, -0.1) is 0 Å². The maximum atomic E-state index is 11.9. The smallest absolute Gasteiger partial charge is 0.339 e. The van der Waals surface area contributed by atoms with Gasteiger partial charge in [0.1, 0.15) is 5.56 Å². The molecular weight excluding hydrogens is 463 g/mol. The molecule has 1 aliphatic heterocycles. The molecule has 0 saturated carbocycles. The molecule has 0 atom stereocenters.